The van der Waals surface area contributed by atoms with Gasteiger partial charge in [0.1, 0.15) is 5.72 Å². The zero-order valence-electron chi connectivity index (χ0n) is 6.72. The molecule has 0 aromatic heterocycles. The molecular weight excluding hydrogens is 130 g/mol. The lowest BCUT2D eigenvalue weighted by molar-refractivity contribution is -0.00808. The van der Waals surface area contributed by atoms with Crippen LogP contribution in [0.3, 0.4) is 0 Å². The number of hydrogen-bond acceptors (Lipinski definition) is 3. The first kappa shape index (κ1) is 9.88. The summed E-state index contributed by atoms with van der Waals surface area (Å²) in [5.74, 6) is 0. The van der Waals surface area contributed by atoms with Gasteiger partial charge in [-0.05, 0) is 19.8 Å². The molecule has 0 spiro atoms. The van der Waals surface area contributed by atoms with Crippen molar-refractivity contribution in [3.63, 3.8) is 0 Å². The molecule has 0 bridgehead atoms. The molecule has 0 aromatic rings. The Labute approximate surface area is 62.1 Å². The topological polar surface area (TPSA) is 52.5 Å². The van der Waals surface area contributed by atoms with E-state index < -0.39 is 5.72 Å². The van der Waals surface area contributed by atoms with Crippen LogP contribution in [0, 0.1) is 0 Å². The van der Waals surface area contributed by atoms with Crippen LogP contribution in [-0.2, 0) is 0 Å². The molecule has 0 aromatic carbocycles. The fourth-order valence-corrected chi connectivity index (χ4v) is 0.780. The first-order chi connectivity index (χ1) is 4.62. The molecule has 1 unspecified atom stereocenters. The van der Waals surface area contributed by atoms with E-state index in [0.717, 1.165) is 12.8 Å². The molecule has 0 aliphatic heterocycles. The lowest BCUT2D eigenvalue weighted by Gasteiger charge is -2.22. The third kappa shape index (κ3) is 4.73. The summed E-state index contributed by atoms with van der Waals surface area (Å²) in [6.07, 6.45) is 2.72. The second-order valence-electron chi connectivity index (χ2n) is 2.71. The van der Waals surface area contributed by atoms with E-state index in [1.165, 1.54) is 0 Å². The molecule has 10 heavy (non-hydrogen) atoms. The number of unbranched alkanes of at least 4 members (excludes halogenated alkanes) is 1. The van der Waals surface area contributed by atoms with Crippen LogP contribution in [0.25, 0.3) is 0 Å². The normalized spacial score (nSPS) is 16.8. The Hall–Kier alpha value is -0.120. The van der Waals surface area contributed by atoms with Crippen LogP contribution in [-0.4, -0.2) is 22.7 Å². The molecule has 0 amide bonds. The van der Waals surface area contributed by atoms with Gasteiger partial charge in [-0.25, -0.2) is 0 Å². The summed E-state index contributed by atoms with van der Waals surface area (Å²) in [7, 11) is 0. The Kier molecular flexibility index (Phi) is 4.60. The predicted molar refractivity (Wildman–Crippen MR) is 40.4 cm³/mol. The number of aliphatic hydroxyl groups excluding tert-OH is 1. The Balaban J connectivity index is 3.42. The number of hydrogen-bond donors (Lipinski definition) is 3. The highest BCUT2D eigenvalue weighted by Crippen LogP contribution is 2.08. The summed E-state index contributed by atoms with van der Waals surface area (Å²) in [6.45, 7) is 3.56. The first-order valence-corrected chi connectivity index (χ1v) is 3.70. The smallest absolute Gasteiger partial charge is 0.114 e. The largest absolute Gasteiger partial charge is 0.381 e. The van der Waals surface area contributed by atoms with Crippen LogP contribution >= 0.6 is 0 Å². The number of rotatable bonds is 5. The van der Waals surface area contributed by atoms with Gasteiger partial charge in [0.15, 0.2) is 0 Å². The zero-order valence-corrected chi connectivity index (χ0v) is 6.72. The number of nitrogens with one attached hydrogen (secondary N) is 1. The van der Waals surface area contributed by atoms with Crippen molar-refractivity contribution in [2.75, 3.05) is 6.73 Å². The summed E-state index contributed by atoms with van der Waals surface area (Å²) >= 11 is 0. The lowest BCUT2D eigenvalue weighted by Crippen LogP contribution is -2.42. The van der Waals surface area contributed by atoms with E-state index in [0.29, 0.717) is 6.42 Å². The highest BCUT2D eigenvalue weighted by atomic mass is 16.3. The quantitative estimate of drug-likeness (QED) is 0.494. The molecule has 0 radical (unpaired) electrons. The lowest BCUT2D eigenvalue weighted by atomic mass is 10.1. The van der Waals surface area contributed by atoms with Gasteiger partial charge in [0.2, 0.25) is 0 Å². The maximum absolute atomic E-state index is 9.37. The predicted octanol–water partition coefficient (Wildman–Crippen LogP) is 0.425. The minimum Gasteiger partial charge on any atom is -0.381 e. The summed E-state index contributed by atoms with van der Waals surface area (Å²) in [6, 6.07) is 0. The number of aliphatic hydroxyl groups is 2. The molecule has 0 aliphatic carbocycles. The van der Waals surface area contributed by atoms with Crippen LogP contribution in [0.5, 0.6) is 0 Å². The Morgan fingerprint density at radius 1 is 1.50 bits per heavy atom. The Bertz CT molecular complexity index is 83.7. The van der Waals surface area contributed by atoms with Crippen molar-refractivity contribution in [2.45, 2.75) is 38.8 Å². The SMILES string of the molecule is CCCCC(C)(O)NCO. The molecule has 3 nitrogen and oxygen atoms in total. The van der Waals surface area contributed by atoms with E-state index in [2.05, 4.69) is 12.2 Å². The van der Waals surface area contributed by atoms with E-state index in [4.69, 9.17) is 5.11 Å². The highest BCUT2D eigenvalue weighted by Gasteiger charge is 2.16. The molecular formula is C7H17NO2. The Morgan fingerprint density at radius 3 is 2.50 bits per heavy atom. The zero-order chi connectivity index (χ0) is 8.04. The van der Waals surface area contributed by atoms with Crippen LogP contribution in [0.2, 0.25) is 0 Å². The minimum absolute atomic E-state index is 0.170. The molecule has 62 valence electrons. The fourth-order valence-electron chi connectivity index (χ4n) is 0.780. The molecule has 0 heterocycles. The molecule has 0 fully saturated rings. The maximum atomic E-state index is 9.37. The van der Waals surface area contributed by atoms with E-state index in [1.807, 2.05) is 0 Å². The summed E-state index contributed by atoms with van der Waals surface area (Å²) in [5, 5.41) is 20.4. The van der Waals surface area contributed by atoms with Crippen molar-refractivity contribution in [3.05, 3.63) is 0 Å². The molecule has 3 N–H and O–H groups in total. The van der Waals surface area contributed by atoms with Crippen molar-refractivity contribution < 1.29 is 10.2 Å². The van der Waals surface area contributed by atoms with Crippen LogP contribution < -0.4 is 5.32 Å². The summed E-state index contributed by atoms with van der Waals surface area (Å²) in [4.78, 5) is 0. The average Bonchev–Trinajstić information content (AvgIpc) is 1.84. The molecule has 0 saturated carbocycles. The van der Waals surface area contributed by atoms with Crippen molar-refractivity contribution >= 4 is 0 Å². The second-order valence-corrected chi connectivity index (χ2v) is 2.71. The van der Waals surface area contributed by atoms with Crippen LogP contribution in [0.1, 0.15) is 33.1 Å². The van der Waals surface area contributed by atoms with Gasteiger partial charge in [-0.3, -0.25) is 5.32 Å². The standard InChI is InChI=1S/C7H17NO2/c1-3-4-5-7(2,10)8-6-9/h8-10H,3-6H2,1-2H3. The van der Waals surface area contributed by atoms with Gasteiger partial charge in [0, 0.05) is 0 Å². The average molecular weight is 147 g/mol. The van der Waals surface area contributed by atoms with E-state index in [-0.39, 0.29) is 6.73 Å². The van der Waals surface area contributed by atoms with E-state index >= 15 is 0 Å². The monoisotopic (exact) mass is 147 g/mol. The van der Waals surface area contributed by atoms with Crippen LogP contribution in [0.4, 0.5) is 0 Å². The van der Waals surface area contributed by atoms with Gasteiger partial charge in [0.25, 0.3) is 0 Å². The van der Waals surface area contributed by atoms with Gasteiger partial charge in [-0.1, -0.05) is 13.3 Å². The second kappa shape index (κ2) is 4.66. The van der Waals surface area contributed by atoms with E-state index in [1.54, 1.807) is 6.92 Å². The molecule has 0 aliphatic rings. The molecule has 3 heteroatoms. The van der Waals surface area contributed by atoms with Gasteiger partial charge in [-0.2, -0.15) is 0 Å². The molecule has 1 atom stereocenters. The van der Waals surface area contributed by atoms with Gasteiger partial charge in [-0.15, -0.1) is 0 Å². The third-order valence-corrected chi connectivity index (χ3v) is 1.48. The van der Waals surface area contributed by atoms with Gasteiger partial charge in [0.05, 0.1) is 6.73 Å². The fraction of sp³-hybridized carbons (Fsp3) is 1.00. The highest BCUT2D eigenvalue weighted by molar-refractivity contribution is 4.66. The van der Waals surface area contributed by atoms with Crippen LogP contribution in [0.15, 0.2) is 0 Å². The third-order valence-electron chi connectivity index (χ3n) is 1.48. The molecule has 0 saturated heterocycles. The summed E-state index contributed by atoms with van der Waals surface area (Å²) < 4.78 is 0. The van der Waals surface area contributed by atoms with Crippen molar-refractivity contribution in [3.8, 4) is 0 Å². The first-order valence-electron chi connectivity index (χ1n) is 3.70. The van der Waals surface area contributed by atoms with Crippen molar-refractivity contribution in [1.82, 2.24) is 5.32 Å². The van der Waals surface area contributed by atoms with Gasteiger partial charge >= 0.3 is 0 Å². The van der Waals surface area contributed by atoms with E-state index in [9.17, 15) is 5.11 Å². The van der Waals surface area contributed by atoms with Crippen molar-refractivity contribution in [1.29, 1.82) is 0 Å². The van der Waals surface area contributed by atoms with Gasteiger partial charge < -0.3 is 10.2 Å². The molecule has 0 rings (SSSR count). The Morgan fingerprint density at radius 2 is 2.10 bits per heavy atom. The maximum Gasteiger partial charge on any atom is 0.114 e. The van der Waals surface area contributed by atoms with Crippen molar-refractivity contribution in [2.24, 2.45) is 0 Å². The summed E-state index contributed by atoms with van der Waals surface area (Å²) in [5.41, 5.74) is -0.898. The minimum atomic E-state index is -0.898.